The van der Waals surface area contributed by atoms with Crippen molar-refractivity contribution in [3.05, 3.63) is 77.6 Å². The third kappa shape index (κ3) is 4.36. The van der Waals surface area contributed by atoms with Gasteiger partial charge in [0.1, 0.15) is 5.75 Å². The number of anilines is 2. The molecule has 3 aromatic rings. The van der Waals surface area contributed by atoms with Gasteiger partial charge in [0.05, 0.1) is 18.4 Å². The molecule has 1 amide bonds. The zero-order chi connectivity index (χ0) is 18.4. The average molecular weight is 348 g/mol. The second-order valence-corrected chi connectivity index (χ2v) is 5.72. The molecule has 0 aliphatic rings. The number of amides is 1. The number of carbonyl (C=O) groups excluding carboxylic acids is 1. The minimum Gasteiger partial charge on any atom is -0.497 e. The van der Waals surface area contributed by atoms with E-state index in [4.69, 9.17) is 4.74 Å². The predicted molar refractivity (Wildman–Crippen MR) is 101 cm³/mol. The summed E-state index contributed by atoms with van der Waals surface area (Å²) < 4.78 is 5.16. The van der Waals surface area contributed by atoms with Gasteiger partial charge in [-0.3, -0.25) is 4.79 Å². The molecule has 1 aromatic heterocycles. The van der Waals surface area contributed by atoms with Crippen molar-refractivity contribution in [1.82, 2.24) is 9.97 Å². The lowest BCUT2D eigenvalue weighted by Gasteiger charge is -2.10. The summed E-state index contributed by atoms with van der Waals surface area (Å²) in [6, 6.07) is 17.2. The second-order valence-electron chi connectivity index (χ2n) is 5.72. The maximum atomic E-state index is 12.5. The highest BCUT2D eigenvalue weighted by atomic mass is 16.5. The molecule has 0 fully saturated rings. The highest BCUT2D eigenvalue weighted by molar-refractivity contribution is 6.04. The van der Waals surface area contributed by atoms with Crippen molar-refractivity contribution >= 4 is 17.5 Å². The van der Waals surface area contributed by atoms with Crippen LogP contribution in [-0.4, -0.2) is 23.0 Å². The number of nitrogens with one attached hydrogen (secondary N) is 2. The molecule has 0 radical (unpaired) electrons. The van der Waals surface area contributed by atoms with Gasteiger partial charge in [-0.15, -0.1) is 0 Å². The van der Waals surface area contributed by atoms with Gasteiger partial charge < -0.3 is 15.4 Å². The van der Waals surface area contributed by atoms with Crippen molar-refractivity contribution in [3.8, 4) is 5.75 Å². The average Bonchev–Trinajstić information content (AvgIpc) is 2.67. The van der Waals surface area contributed by atoms with E-state index in [1.165, 1.54) is 6.20 Å². The molecule has 2 aromatic carbocycles. The van der Waals surface area contributed by atoms with E-state index in [0.717, 1.165) is 5.56 Å². The summed E-state index contributed by atoms with van der Waals surface area (Å²) in [4.78, 5) is 21.1. The van der Waals surface area contributed by atoms with E-state index in [1.54, 1.807) is 26.2 Å². The maximum Gasteiger partial charge on any atom is 0.259 e. The molecule has 0 aliphatic heterocycles. The molecule has 6 nitrogen and oxygen atoms in total. The molecule has 0 aliphatic carbocycles. The van der Waals surface area contributed by atoms with Gasteiger partial charge in [0.2, 0.25) is 5.95 Å². The second kappa shape index (κ2) is 8.11. The molecule has 3 rings (SSSR count). The minimum absolute atomic E-state index is 0.259. The summed E-state index contributed by atoms with van der Waals surface area (Å²) in [5, 5.41) is 5.99. The first-order valence-electron chi connectivity index (χ1n) is 8.22. The van der Waals surface area contributed by atoms with Crippen LogP contribution in [0.1, 0.15) is 21.6 Å². The van der Waals surface area contributed by atoms with E-state index in [-0.39, 0.29) is 5.91 Å². The van der Waals surface area contributed by atoms with E-state index < -0.39 is 0 Å². The number of aromatic nitrogens is 2. The van der Waals surface area contributed by atoms with Gasteiger partial charge in [-0.2, -0.15) is 0 Å². The SMILES string of the molecule is COc1cccc(NC(=O)c2cnc(NCc3ccccc3)nc2C)c1. The fourth-order valence-corrected chi connectivity index (χ4v) is 2.45. The molecule has 0 saturated heterocycles. The molecule has 6 heteroatoms. The van der Waals surface area contributed by atoms with Gasteiger partial charge in [0.25, 0.3) is 5.91 Å². The van der Waals surface area contributed by atoms with E-state index in [9.17, 15) is 4.79 Å². The lowest BCUT2D eigenvalue weighted by atomic mass is 10.2. The molecule has 2 N–H and O–H groups in total. The van der Waals surface area contributed by atoms with E-state index in [2.05, 4.69) is 20.6 Å². The summed E-state index contributed by atoms with van der Waals surface area (Å²) in [6.07, 6.45) is 1.53. The van der Waals surface area contributed by atoms with Crippen LogP contribution in [0.5, 0.6) is 5.75 Å². The Hall–Kier alpha value is -3.41. The van der Waals surface area contributed by atoms with Gasteiger partial charge in [-0.05, 0) is 24.6 Å². The number of rotatable bonds is 6. The molecular weight excluding hydrogens is 328 g/mol. The van der Waals surface area contributed by atoms with Crippen LogP contribution >= 0.6 is 0 Å². The first-order valence-corrected chi connectivity index (χ1v) is 8.22. The molecule has 1 heterocycles. The number of benzene rings is 2. The number of carbonyl (C=O) groups is 1. The van der Waals surface area contributed by atoms with Gasteiger partial charge >= 0.3 is 0 Å². The van der Waals surface area contributed by atoms with Crippen molar-refractivity contribution in [1.29, 1.82) is 0 Å². The number of methoxy groups -OCH3 is 1. The van der Waals surface area contributed by atoms with Crippen LogP contribution in [0.15, 0.2) is 60.8 Å². The van der Waals surface area contributed by atoms with Crippen LogP contribution in [0, 0.1) is 6.92 Å². The van der Waals surface area contributed by atoms with Crippen LogP contribution in [0.3, 0.4) is 0 Å². The highest BCUT2D eigenvalue weighted by Gasteiger charge is 2.12. The summed E-state index contributed by atoms with van der Waals surface area (Å²) in [5.41, 5.74) is 2.82. The van der Waals surface area contributed by atoms with Crippen molar-refractivity contribution < 1.29 is 9.53 Å². The predicted octanol–water partition coefficient (Wildman–Crippen LogP) is 3.66. The topological polar surface area (TPSA) is 76.1 Å². The van der Waals surface area contributed by atoms with Crippen molar-refractivity contribution in [2.24, 2.45) is 0 Å². The van der Waals surface area contributed by atoms with Crippen LogP contribution < -0.4 is 15.4 Å². The minimum atomic E-state index is -0.259. The Morgan fingerprint density at radius 2 is 1.92 bits per heavy atom. The molecule has 0 unspecified atom stereocenters. The summed E-state index contributed by atoms with van der Waals surface area (Å²) >= 11 is 0. The van der Waals surface area contributed by atoms with E-state index in [0.29, 0.717) is 35.2 Å². The first kappa shape index (κ1) is 17.4. The standard InChI is InChI=1S/C20H20N4O2/c1-14-18(19(25)24-16-9-6-10-17(11-16)26-2)13-22-20(23-14)21-12-15-7-4-3-5-8-15/h3-11,13H,12H2,1-2H3,(H,24,25)(H,21,22,23). The van der Waals surface area contributed by atoms with Crippen molar-refractivity contribution in [2.45, 2.75) is 13.5 Å². The van der Waals surface area contributed by atoms with Gasteiger partial charge in [-0.1, -0.05) is 36.4 Å². The number of hydrogen-bond donors (Lipinski definition) is 2. The zero-order valence-corrected chi connectivity index (χ0v) is 14.7. The fraction of sp³-hybridized carbons (Fsp3) is 0.150. The molecular formula is C20H20N4O2. The summed E-state index contributed by atoms with van der Waals surface area (Å²) in [5.74, 6) is 0.908. The lowest BCUT2D eigenvalue weighted by molar-refractivity contribution is 0.102. The van der Waals surface area contributed by atoms with Crippen molar-refractivity contribution in [3.63, 3.8) is 0 Å². The van der Waals surface area contributed by atoms with Crippen molar-refractivity contribution in [2.75, 3.05) is 17.7 Å². The summed E-state index contributed by atoms with van der Waals surface area (Å²) in [6.45, 7) is 2.41. The molecule has 26 heavy (non-hydrogen) atoms. The van der Waals surface area contributed by atoms with Gasteiger partial charge in [0.15, 0.2) is 0 Å². The molecule has 132 valence electrons. The number of hydrogen-bond acceptors (Lipinski definition) is 5. The Balaban J connectivity index is 1.67. The molecule has 0 spiro atoms. The highest BCUT2D eigenvalue weighted by Crippen LogP contribution is 2.18. The van der Waals surface area contributed by atoms with Crippen LogP contribution in [0.4, 0.5) is 11.6 Å². The zero-order valence-electron chi connectivity index (χ0n) is 14.7. The van der Waals surface area contributed by atoms with Gasteiger partial charge in [0, 0.05) is 24.5 Å². The van der Waals surface area contributed by atoms with E-state index in [1.807, 2.05) is 42.5 Å². The monoisotopic (exact) mass is 348 g/mol. The van der Waals surface area contributed by atoms with Crippen LogP contribution in [-0.2, 0) is 6.54 Å². The Labute approximate surface area is 152 Å². The first-order chi connectivity index (χ1) is 12.7. The van der Waals surface area contributed by atoms with E-state index >= 15 is 0 Å². The maximum absolute atomic E-state index is 12.5. The fourth-order valence-electron chi connectivity index (χ4n) is 2.45. The van der Waals surface area contributed by atoms with Crippen LogP contribution in [0.25, 0.3) is 0 Å². The smallest absolute Gasteiger partial charge is 0.259 e. The Morgan fingerprint density at radius 1 is 1.12 bits per heavy atom. The van der Waals surface area contributed by atoms with Crippen LogP contribution in [0.2, 0.25) is 0 Å². The number of nitrogens with zero attached hydrogens (tertiary/aromatic N) is 2. The molecule has 0 atom stereocenters. The Kier molecular flexibility index (Phi) is 5.43. The Morgan fingerprint density at radius 3 is 2.65 bits per heavy atom. The lowest BCUT2D eigenvalue weighted by Crippen LogP contribution is -2.15. The third-order valence-corrected chi connectivity index (χ3v) is 3.85. The third-order valence-electron chi connectivity index (χ3n) is 3.85. The quantitative estimate of drug-likeness (QED) is 0.711. The molecule has 0 bridgehead atoms. The van der Waals surface area contributed by atoms with Gasteiger partial charge in [-0.25, -0.2) is 9.97 Å². The number of ether oxygens (including phenoxy) is 1. The largest absolute Gasteiger partial charge is 0.497 e. The number of aryl methyl sites for hydroxylation is 1. The molecule has 0 saturated carbocycles. The summed E-state index contributed by atoms with van der Waals surface area (Å²) in [7, 11) is 1.58. The normalized spacial score (nSPS) is 10.2. The Bertz CT molecular complexity index is 897.